The van der Waals surface area contributed by atoms with E-state index >= 15 is 0 Å². The summed E-state index contributed by atoms with van der Waals surface area (Å²) in [6.07, 6.45) is 0. The molecule has 0 bridgehead atoms. The van der Waals surface area contributed by atoms with Crippen molar-refractivity contribution in [1.82, 2.24) is 14.5 Å². The van der Waals surface area contributed by atoms with E-state index in [-0.39, 0.29) is 0 Å². The van der Waals surface area contributed by atoms with Gasteiger partial charge in [0.2, 0.25) is 0 Å². The van der Waals surface area contributed by atoms with Crippen LogP contribution in [0.1, 0.15) is 0 Å². The van der Waals surface area contributed by atoms with E-state index in [1.54, 1.807) is 0 Å². The number of hydrogen-bond acceptors (Lipinski definition) is 3. The highest BCUT2D eigenvalue weighted by molar-refractivity contribution is 7.26. The molecule has 0 saturated carbocycles. The third-order valence-corrected chi connectivity index (χ3v) is 14.7. The van der Waals surface area contributed by atoms with Crippen molar-refractivity contribution in [3.63, 3.8) is 0 Å². The highest BCUT2D eigenvalue weighted by atomic mass is 32.1. The Morgan fingerprint density at radius 1 is 0.574 bits per heavy atom. The van der Waals surface area contributed by atoms with Crippen LogP contribution >= 0.6 is 11.3 Å². The van der Waals surface area contributed by atoms with Crippen LogP contribution in [0.25, 0.3) is 81.6 Å². The monoisotopic (exact) mass is 635 g/mol. The quantitative estimate of drug-likeness (QED) is 0.181. The zero-order chi connectivity index (χ0) is 31.3. The van der Waals surface area contributed by atoms with Crippen LogP contribution in [0.2, 0.25) is 13.1 Å². The number of rotatable bonds is 3. The van der Waals surface area contributed by atoms with E-state index in [1.165, 1.54) is 57.9 Å². The molecule has 0 amide bonds. The molecule has 0 saturated heterocycles. The molecule has 0 aliphatic carbocycles. The van der Waals surface area contributed by atoms with Gasteiger partial charge in [-0.25, -0.2) is 9.97 Å². The summed E-state index contributed by atoms with van der Waals surface area (Å²) < 4.78 is 5.08. The highest BCUT2D eigenvalue weighted by Gasteiger charge is 2.41. The van der Waals surface area contributed by atoms with Crippen molar-refractivity contribution in [2.75, 3.05) is 0 Å². The van der Waals surface area contributed by atoms with E-state index in [0.717, 1.165) is 34.0 Å². The van der Waals surface area contributed by atoms with Gasteiger partial charge in [-0.1, -0.05) is 122 Å². The number of benzene rings is 6. The van der Waals surface area contributed by atoms with E-state index < -0.39 is 8.07 Å². The Balaban J connectivity index is 1.22. The first-order valence-electron chi connectivity index (χ1n) is 16.1. The lowest BCUT2D eigenvalue weighted by Crippen LogP contribution is -2.50. The fourth-order valence-corrected chi connectivity index (χ4v) is 12.3. The average molecular weight is 636 g/mol. The Bertz CT molecular complexity index is 2720. The van der Waals surface area contributed by atoms with E-state index in [4.69, 9.17) is 9.97 Å². The standard InChI is InChI=1S/C42H29N3SSi/c1-47(2)36-22-11-8-19-32(36)39-41(47)38(26-13-4-3-5-14-26)43-42(44-39)27-15-12-16-28(25-27)45-33-20-9-6-18-31(33)37-34(45)24-23-30-29-17-7-10-21-35(29)46-40(30)37/h3-25H,1-2H3. The van der Waals surface area contributed by atoms with E-state index in [1.807, 2.05) is 11.3 Å². The van der Waals surface area contributed by atoms with Gasteiger partial charge in [-0.3, -0.25) is 0 Å². The lowest BCUT2D eigenvalue weighted by atomic mass is 10.1. The zero-order valence-corrected chi connectivity index (χ0v) is 27.8. The molecule has 6 aromatic carbocycles. The topological polar surface area (TPSA) is 30.7 Å². The van der Waals surface area contributed by atoms with Crippen molar-refractivity contribution in [3.05, 3.63) is 140 Å². The first-order chi connectivity index (χ1) is 23.1. The van der Waals surface area contributed by atoms with Gasteiger partial charge in [-0.15, -0.1) is 11.3 Å². The summed E-state index contributed by atoms with van der Waals surface area (Å²) in [4.78, 5) is 10.8. The van der Waals surface area contributed by atoms with Crippen molar-refractivity contribution in [3.8, 4) is 39.6 Å². The van der Waals surface area contributed by atoms with E-state index in [2.05, 4.69) is 157 Å². The number of hydrogen-bond donors (Lipinski definition) is 0. The molecule has 0 fully saturated rings. The number of aromatic nitrogens is 3. The molecule has 5 heteroatoms. The Morgan fingerprint density at radius 2 is 1.30 bits per heavy atom. The zero-order valence-electron chi connectivity index (χ0n) is 26.0. The van der Waals surface area contributed by atoms with E-state index in [0.29, 0.717) is 0 Å². The van der Waals surface area contributed by atoms with Gasteiger partial charge in [-0.05, 0) is 46.3 Å². The van der Waals surface area contributed by atoms with Crippen molar-refractivity contribution >= 4 is 71.8 Å². The largest absolute Gasteiger partial charge is 0.309 e. The molecule has 3 nitrogen and oxygen atoms in total. The van der Waals surface area contributed by atoms with Gasteiger partial charge in [0.25, 0.3) is 0 Å². The van der Waals surface area contributed by atoms with E-state index in [9.17, 15) is 0 Å². The smallest absolute Gasteiger partial charge is 0.160 e. The average Bonchev–Trinajstić information content (AvgIpc) is 3.74. The number of thiophene rings is 1. The molecule has 4 heterocycles. The van der Waals surface area contributed by atoms with Crippen LogP contribution in [0.3, 0.4) is 0 Å². The molecule has 10 rings (SSSR count). The second-order valence-corrected chi connectivity index (χ2v) is 18.3. The number of nitrogens with zero attached hydrogens (tertiary/aromatic N) is 3. The summed E-state index contributed by atoms with van der Waals surface area (Å²) in [7, 11) is -2.01. The summed E-state index contributed by atoms with van der Waals surface area (Å²) >= 11 is 1.89. The molecule has 0 unspecified atom stereocenters. The van der Waals surface area contributed by atoms with Gasteiger partial charge < -0.3 is 4.57 Å². The van der Waals surface area contributed by atoms with Crippen LogP contribution in [-0.2, 0) is 0 Å². The number of para-hydroxylation sites is 1. The van der Waals surface area contributed by atoms with Gasteiger partial charge in [0, 0.05) is 47.8 Å². The van der Waals surface area contributed by atoms with Crippen LogP contribution in [0.4, 0.5) is 0 Å². The van der Waals surface area contributed by atoms with Crippen LogP contribution in [0, 0.1) is 0 Å². The minimum atomic E-state index is -2.01. The molecular weight excluding hydrogens is 607 g/mol. The van der Waals surface area contributed by atoms with Gasteiger partial charge in [0.15, 0.2) is 5.82 Å². The maximum absolute atomic E-state index is 5.39. The minimum absolute atomic E-state index is 0.763. The predicted molar refractivity (Wildman–Crippen MR) is 202 cm³/mol. The second kappa shape index (κ2) is 9.82. The predicted octanol–water partition coefficient (Wildman–Crippen LogP) is 10.1. The molecule has 3 aromatic heterocycles. The molecule has 47 heavy (non-hydrogen) atoms. The fraction of sp³-hybridized carbons (Fsp3) is 0.0476. The first-order valence-corrected chi connectivity index (χ1v) is 19.9. The molecule has 1 aliphatic heterocycles. The minimum Gasteiger partial charge on any atom is -0.309 e. The van der Waals surface area contributed by atoms with Crippen molar-refractivity contribution in [2.45, 2.75) is 13.1 Å². The Morgan fingerprint density at radius 3 is 2.19 bits per heavy atom. The molecular formula is C42H29N3SSi. The molecule has 1 aliphatic rings. The molecule has 0 radical (unpaired) electrons. The van der Waals surface area contributed by atoms with Crippen LogP contribution < -0.4 is 10.4 Å². The Labute approximate surface area is 277 Å². The third-order valence-electron chi connectivity index (χ3n) is 9.98. The van der Waals surface area contributed by atoms with Gasteiger partial charge in [0.1, 0.15) is 8.07 Å². The van der Waals surface area contributed by atoms with Gasteiger partial charge >= 0.3 is 0 Å². The molecule has 0 atom stereocenters. The first kappa shape index (κ1) is 26.8. The summed E-state index contributed by atoms with van der Waals surface area (Å²) in [6, 6.07) is 50.4. The van der Waals surface area contributed by atoms with Crippen molar-refractivity contribution < 1.29 is 0 Å². The lowest BCUT2D eigenvalue weighted by molar-refractivity contribution is 1.16. The maximum Gasteiger partial charge on any atom is 0.160 e. The lowest BCUT2D eigenvalue weighted by Gasteiger charge is -2.21. The van der Waals surface area contributed by atoms with Crippen molar-refractivity contribution in [2.24, 2.45) is 0 Å². The molecule has 222 valence electrons. The third kappa shape index (κ3) is 3.78. The SMILES string of the molecule is C[Si]1(C)c2ccccc2-c2nc(-c3cccc(-n4c5ccccc5c5c6sc7ccccc7c6ccc54)c3)nc(-c3ccccc3)c21. The van der Waals surface area contributed by atoms with Crippen molar-refractivity contribution in [1.29, 1.82) is 0 Å². The van der Waals surface area contributed by atoms with Crippen LogP contribution in [0.5, 0.6) is 0 Å². The second-order valence-electron chi connectivity index (χ2n) is 13.0. The van der Waals surface area contributed by atoms with Gasteiger partial charge in [0.05, 0.1) is 22.4 Å². The highest BCUT2D eigenvalue weighted by Crippen LogP contribution is 2.43. The van der Waals surface area contributed by atoms with Crippen LogP contribution in [0.15, 0.2) is 140 Å². The maximum atomic E-state index is 5.39. The molecule has 9 aromatic rings. The Hall–Kier alpha value is -5.36. The fourth-order valence-electron chi connectivity index (χ4n) is 7.85. The number of fused-ring (bicyclic) bond motifs is 10. The normalized spacial score (nSPS) is 13.5. The molecule has 0 N–H and O–H groups in total. The summed E-state index contributed by atoms with van der Waals surface area (Å²) in [5.74, 6) is 0.763. The Kier molecular flexibility index (Phi) is 5.60. The van der Waals surface area contributed by atoms with Gasteiger partial charge in [-0.2, -0.15) is 0 Å². The summed E-state index contributed by atoms with van der Waals surface area (Å²) in [5.41, 5.74) is 9.09. The molecule has 0 spiro atoms. The summed E-state index contributed by atoms with van der Waals surface area (Å²) in [5, 5.41) is 8.00. The van der Waals surface area contributed by atoms with Crippen LogP contribution in [-0.4, -0.2) is 22.6 Å². The summed E-state index contributed by atoms with van der Waals surface area (Å²) in [6.45, 7) is 4.87.